The summed E-state index contributed by atoms with van der Waals surface area (Å²) in [5.41, 5.74) is 51.9. The predicted octanol–water partition coefficient (Wildman–Crippen LogP) is 28.5. The zero-order valence-electron chi connectivity index (χ0n) is 81.2. The minimum Gasteiger partial charge on any atom is -0.412 e. The standard InChI is InChI=1S/C20H25NO.C19H22O.2C18H21NO.2C17H19NO.C16H16O.7CH4.H2O/c21-20(22)12-6-11-19-15-13-18(14-16-19)10-5-4-9-17-7-2-1-3-8-17;1-16(20)10-11-19-14-12-18(13-15-19)9-5-8-17-6-3-2-4-7-17;19-18(20)17-13-11-16(12-14-17)10-6-2-5-9-15-7-3-1-4-8-15;19-18(20)14-17-12-10-16(11-13-17)9-5-4-8-15-6-2-1-3-7-15;18-17(19)13-16-11-9-15(10-12-16)8-4-7-14-5-2-1-3-6-14;18-17(19)13-12-16-10-8-15(9-11-16)7-6-14-4-2-1-3-5-14;1-13(17)16-9-5-8-15(12-16)11-10-14-6-3-2-4-7-14;;;;;;;;/h1-3,7-8,13-16H,4-6,9-12H2,(H2,21,22);2-4,6-7,12-15H,5,8-11H2,1H3;1,3-4,7-8,11-14H,2,5-6,9-10H2,(H2,19,20);1-3,6-7,10-13H,4-5,8-9,14H2,(H2,19,20);1-3,5-6,9-12H,4,7-8,13H2,(H2,18,19);1-5,8-11H,6-7,12-13H2,(H2,18,19);2-9,12H,10-11H2,1H3;7*1H4;1H2. The van der Waals surface area contributed by atoms with E-state index in [0.29, 0.717) is 37.7 Å². The largest absolute Gasteiger partial charge is 0.412 e. The molecule has 0 saturated carbocycles. The fourth-order valence-corrected chi connectivity index (χ4v) is 15.7. The molecule has 0 atom stereocenters. The van der Waals surface area contributed by atoms with E-state index in [-0.39, 0.29) is 98.6 Å². The summed E-state index contributed by atoms with van der Waals surface area (Å²) < 4.78 is 0. The van der Waals surface area contributed by atoms with Crippen LogP contribution in [0.25, 0.3) is 0 Å². The van der Waals surface area contributed by atoms with Crippen LogP contribution in [0, 0.1) is 0 Å². The summed E-state index contributed by atoms with van der Waals surface area (Å²) in [5, 5.41) is 0. The molecule has 14 aromatic carbocycles. The zero-order valence-corrected chi connectivity index (χ0v) is 81.2. The lowest BCUT2D eigenvalue weighted by atomic mass is 10.0. The van der Waals surface area contributed by atoms with Crippen molar-refractivity contribution in [3.63, 3.8) is 0 Å². The number of hydrogen-bond acceptors (Lipinski definition) is 7. The van der Waals surface area contributed by atoms with Gasteiger partial charge in [0.1, 0.15) is 5.78 Å². The Balaban J connectivity index is 0.00000165. The van der Waals surface area contributed by atoms with Gasteiger partial charge in [0.25, 0.3) is 0 Å². The van der Waals surface area contributed by atoms with Crippen molar-refractivity contribution in [3.8, 4) is 0 Å². The number of Topliss-reactive ketones (excluding diaryl/α,β-unsaturated/α-hetero) is 2. The molecule has 13 nitrogen and oxygen atoms in total. The highest BCUT2D eigenvalue weighted by molar-refractivity contribution is 5.94. The van der Waals surface area contributed by atoms with Crippen molar-refractivity contribution < 1.29 is 39.0 Å². The van der Waals surface area contributed by atoms with Crippen molar-refractivity contribution >= 4 is 41.1 Å². The lowest BCUT2D eigenvalue weighted by Gasteiger charge is -2.05. The Kier molecular flexibility index (Phi) is 71.4. The second kappa shape index (κ2) is 79.2. The lowest BCUT2D eigenvalue weighted by Crippen LogP contribution is -2.13. The van der Waals surface area contributed by atoms with Crippen LogP contribution in [0.1, 0.15) is 276 Å². The molecule has 0 heterocycles. The maximum absolute atomic E-state index is 11.3. The smallest absolute Gasteiger partial charge is 0.248 e. The molecule has 14 aromatic rings. The van der Waals surface area contributed by atoms with E-state index in [1.54, 1.807) is 13.8 Å². The second-order valence-electron chi connectivity index (χ2n) is 35.3. The number of carbonyl (C=O) groups is 7. The number of carbonyl (C=O) groups excluding carboxylic acids is 7. The summed E-state index contributed by atoms with van der Waals surface area (Å²) in [6, 6.07) is 132. The third-order valence-electron chi connectivity index (χ3n) is 23.7. The first-order valence-electron chi connectivity index (χ1n) is 49.0. The summed E-state index contributed by atoms with van der Waals surface area (Å²) in [5.74, 6) is -0.983. The van der Waals surface area contributed by atoms with Gasteiger partial charge in [-0.1, -0.05) is 422 Å². The van der Waals surface area contributed by atoms with Crippen LogP contribution in [-0.4, -0.2) is 46.6 Å². The van der Waals surface area contributed by atoms with Crippen molar-refractivity contribution in [1.82, 2.24) is 0 Å². The second-order valence-corrected chi connectivity index (χ2v) is 35.3. The first kappa shape index (κ1) is 131. The van der Waals surface area contributed by atoms with Crippen LogP contribution in [0.4, 0.5) is 0 Å². The molecule has 145 heavy (non-hydrogen) atoms. The third kappa shape index (κ3) is 60.1. The van der Waals surface area contributed by atoms with Gasteiger partial charge in [-0.05, 0) is 305 Å². The molecule has 0 fully saturated rings. The monoisotopic (exact) mass is 1960 g/mol. The van der Waals surface area contributed by atoms with Gasteiger partial charge in [0.2, 0.25) is 29.5 Å². The van der Waals surface area contributed by atoms with E-state index in [4.69, 9.17) is 28.7 Å². The molecule has 774 valence electrons. The van der Waals surface area contributed by atoms with Crippen molar-refractivity contribution in [3.05, 3.63) is 499 Å². The number of benzene rings is 14. The predicted molar refractivity (Wildman–Crippen MR) is 617 cm³/mol. The number of aryl methyl sites for hydroxylation is 17. The molecule has 0 radical (unpaired) electrons. The van der Waals surface area contributed by atoms with Gasteiger partial charge in [-0.25, -0.2) is 0 Å². The normalized spacial score (nSPS) is 9.81. The summed E-state index contributed by atoms with van der Waals surface area (Å²) in [4.78, 5) is 76.3. The maximum Gasteiger partial charge on any atom is 0.248 e. The number of amides is 5. The summed E-state index contributed by atoms with van der Waals surface area (Å²) in [7, 11) is 0. The van der Waals surface area contributed by atoms with Crippen molar-refractivity contribution in [2.45, 2.75) is 271 Å². The van der Waals surface area contributed by atoms with Crippen LogP contribution in [-0.2, 0) is 146 Å². The molecule has 0 aliphatic heterocycles. The van der Waals surface area contributed by atoms with E-state index in [9.17, 15) is 33.6 Å². The van der Waals surface area contributed by atoms with Crippen LogP contribution in [0.15, 0.2) is 382 Å². The summed E-state index contributed by atoms with van der Waals surface area (Å²) in [6.45, 7) is 3.26. The van der Waals surface area contributed by atoms with Crippen molar-refractivity contribution in [2.75, 3.05) is 0 Å². The minimum atomic E-state index is -0.362. The highest BCUT2D eigenvalue weighted by Crippen LogP contribution is 2.20. The van der Waals surface area contributed by atoms with E-state index < -0.39 is 0 Å². The topological polar surface area (TPSA) is 281 Å². The van der Waals surface area contributed by atoms with Crippen molar-refractivity contribution in [2.24, 2.45) is 28.7 Å². The molecule has 0 spiro atoms. The van der Waals surface area contributed by atoms with Gasteiger partial charge in [0.05, 0.1) is 12.8 Å². The molecule has 0 aromatic heterocycles. The number of nitrogens with two attached hydrogens (primary N) is 5. The maximum atomic E-state index is 11.3. The lowest BCUT2D eigenvalue weighted by molar-refractivity contribution is -0.118. The van der Waals surface area contributed by atoms with E-state index >= 15 is 0 Å². The number of rotatable bonds is 46. The van der Waals surface area contributed by atoms with Gasteiger partial charge in [-0.3, -0.25) is 28.8 Å². The van der Waals surface area contributed by atoms with Gasteiger partial charge >= 0.3 is 0 Å². The highest BCUT2D eigenvalue weighted by atomic mass is 16.2. The third-order valence-corrected chi connectivity index (χ3v) is 23.7. The molecule has 0 unspecified atom stereocenters. The molecule has 0 bridgehead atoms. The van der Waals surface area contributed by atoms with Crippen LogP contribution in [0.3, 0.4) is 0 Å². The van der Waals surface area contributed by atoms with Crippen molar-refractivity contribution in [1.29, 1.82) is 0 Å². The van der Waals surface area contributed by atoms with Gasteiger partial charge in [-0.2, -0.15) is 0 Å². The highest BCUT2D eigenvalue weighted by Gasteiger charge is 2.09. The van der Waals surface area contributed by atoms with Crippen LogP contribution >= 0.6 is 0 Å². The molecular formula is C132H173N5O8. The molecule has 12 N–H and O–H groups in total. The average Bonchev–Trinajstić information content (AvgIpc) is 0.876. The first-order chi connectivity index (χ1) is 66.7. The minimum absolute atomic E-state index is 0. The summed E-state index contributed by atoms with van der Waals surface area (Å²) >= 11 is 0. The van der Waals surface area contributed by atoms with E-state index in [1.165, 1.54) is 146 Å². The molecule has 0 saturated heterocycles. The average molecular weight is 1960 g/mol. The van der Waals surface area contributed by atoms with E-state index in [0.717, 1.165) is 139 Å². The number of hydrogen-bond donors (Lipinski definition) is 5. The fourth-order valence-electron chi connectivity index (χ4n) is 15.7. The number of primary amides is 5. The number of ketones is 2. The van der Waals surface area contributed by atoms with Gasteiger partial charge in [0.15, 0.2) is 5.78 Å². The molecule has 14 rings (SSSR count). The Morgan fingerprint density at radius 3 is 0.621 bits per heavy atom. The van der Waals surface area contributed by atoms with E-state index in [2.05, 4.69) is 297 Å². The zero-order chi connectivity index (χ0) is 97.3. The Morgan fingerprint density at radius 2 is 0.372 bits per heavy atom. The van der Waals surface area contributed by atoms with Crippen LogP contribution in [0.5, 0.6) is 0 Å². The summed E-state index contributed by atoms with van der Waals surface area (Å²) in [6.07, 6.45) is 31.6. The van der Waals surface area contributed by atoms with Gasteiger partial charge in [-0.15, -0.1) is 0 Å². The first-order valence-corrected chi connectivity index (χ1v) is 49.0. The molecule has 0 aliphatic rings. The van der Waals surface area contributed by atoms with Crippen LogP contribution < -0.4 is 28.7 Å². The molecule has 5 amide bonds. The molecule has 0 aliphatic carbocycles. The SMILES string of the molecule is C.C.C.C.C.C.C.CC(=O)CCc1ccc(CCCc2ccccc2)cc1.CC(=O)c1cccc(CCc2ccccc2)c1.NC(=O)CCCc1ccc(CCCCc2ccccc2)cc1.NC(=O)CCc1ccc(CCc2ccccc2)cc1.NC(=O)Cc1ccc(CCCCc2ccccc2)cc1.NC(=O)Cc1ccc(CCCc2ccccc2)cc1.NC(=O)c1ccc(CCCCCc2ccccc2)cc1.O. The Hall–Kier alpha value is -14.3. The molecule has 13 heteroatoms. The fraction of sp³-hybridized carbons (Fsp3) is 0.311. The molecular weight excluding hydrogens is 1780 g/mol. The number of unbranched alkanes of at least 4 members (excludes halogenated alkanes) is 4. The van der Waals surface area contributed by atoms with E-state index in [1.807, 2.05) is 84.9 Å². The Morgan fingerprint density at radius 1 is 0.172 bits per heavy atom. The Labute approximate surface area is 873 Å². The quantitative estimate of drug-likeness (QED) is 0.0181. The Bertz CT molecular complexity index is 5700. The van der Waals surface area contributed by atoms with Gasteiger partial charge < -0.3 is 38.9 Å². The van der Waals surface area contributed by atoms with Gasteiger partial charge in [0, 0.05) is 30.4 Å². The van der Waals surface area contributed by atoms with Crippen LogP contribution in [0.2, 0.25) is 0 Å².